The van der Waals surface area contributed by atoms with E-state index in [-0.39, 0.29) is 42.7 Å². The second-order valence-corrected chi connectivity index (χ2v) is 12.6. The van der Waals surface area contributed by atoms with Crippen molar-refractivity contribution in [1.82, 2.24) is 9.58 Å². The molecule has 1 fully saturated rings. The number of ether oxygens (including phenoxy) is 2. The van der Waals surface area contributed by atoms with Gasteiger partial charge in [-0.1, -0.05) is 60.7 Å². The van der Waals surface area contributed by atoms with Gasteiger partial charge in [-0.25, -0.2) is 8.78 Å². The van der Waals surface area contributed by atoms with Crippen molar-refractivity contribution in [1.29, 1.82) is 0 Å². The molecule has 2 atom stereocenters. The summed E-state index contributed by atoms with van der Waals surface area (Å²) in [6.45, 7) is 2.82. The molecule has 4 heterocycles. The maximum atomic E-state index is 16.0. The molecule has 1 saturated heterocycles. The van der Waals surface area contributed by atoms with Gasteiger partial charge in [0.2, 0.25) is 5.43 Å². The molecule has 1 unspecified atom stereocenters. The molecule has 0 bridgehead atoms. The number of nitrogens with zero attached hydrogens (tertiary/aromatic N) is 3. The summed E-state index contributed by atoms with van der Waals surface area (Å²) < 4.78 is 44.7. The molecule has 3 aromatic carbocycles. The molecule has 8 rings (SSSR count). The van der Waals surface area contributed by atoms with Gasteiger partial charge in [0.1, 0.15) is 12.8 Å². The number of hydrogen-bond donors (Lipinski definition) is 0. The Labute approximate surface area is 261 Å². The van der Waals surface area contributed by atoms with Crippen LogP contribution < -0.4 is 15.2 Å². The predicted molar refractivity (Wildman–Crippen MR) is 167 cm³/mol. The summed E-state index contributed by atoms with van der Waals surface area (Å²) in [5, 5.41) is 1.95. The van der Waals surface area contributed by atoms with Crippen LogP contribution in [-0.2, 0) is 11.3 Å². The number of fused-ring (bicyclic) bond motifs is 7. The Morgan fingerprint density at radius 1 is 0.956 bits per heavy atom. The standard InChI is InChI=1S/C35H27F2N3O4S/c1-20-17-25-29-24(11-12-26(36)30(29)37)31(22-9-5-6-10-23(22)34(25)45-20)40-28-19-43-16-15-38(28)35(42)32-33(27(41)13-14-39(32)40)44-18-21-7-3-2-4-8-21/h2-14,17,28,31H,15-16,18-19H2,1H3/t28-,31?/m1/s1. The molecule has 1 aliphatic carbocycles. The normalized spacial score (nSPS) is 18.3. The van der Waals surface area contributed by atoms with Gasteiger partial charge in [-0.3, -0.25) is 19.3 Å². The van der Waals surface area contributed by atoms with Crippen molar-refractivity contribution in [2.24, 2.45) is 0 Å². The number of pyridine rings is 1. The topological polar surface area (TPSA) is 64.0 Å². The SMILES string of the molecule is Cc1cc2c(s1)-c1ccccc1C(N1[C@@H]3COCCN3C(=O)c3c(OCc4ccccc4)c(=O)ccn31)c1ccc(F)c(F)c1-2. The monoisotopic (exact) mass is 623 g/mol. The highest BCUT2D eigenvalue weighted by Gasteiger charge is 2.47. The van der Waals surface area contributed by atoms with E-state index in [4.69, 9.17) is 9.47 Å². The lowest BCUT2D eigenvalue weighted by atomic mass is 9.91. The van der Waals surface area contributed by atoms with Gasteiger partial charge < -0.3 is 14.4 Å². The first kappa shape index (κ1) is 27.7. The Morgan fingerprint density at radius 3 is 2.60 bits per heavy atom. The average molecular weight is 624 g/mol. The average Bonchev–Trinajstić information content (AvgIpc) is 3.40. The van der Waals surface area contributed by atoms with Crippen LogP contribution in [0.25, 0.3) is 21.6 Å². The summed E-state index contributed by atoms with van der Waals surface area (Å²) in [5.41, 5.74) is 3.56. The van der Waals surface area contributed by atoms with Crippen LogP contribution in [0.3, 0.4) is 0 Å². The molecule has 226 valence electrons. The molecule has 7 nitrogen and oxygen atoms in total. The predicted octanol–water partition coefficient (Wildman–Crippen LogP) is 6.26. The van der Waals surface area contributed by atoms with Crippen LogP contribution in [0.5, 0.6) is 5.75 Å². The number of carbonyl (C=O) groups is 1. The van der Waals surface area contributed by atoms with E-state index in [1.165, 1.54) is 17.4 Å². The first-order chi connectivity index (χ1) is 21.9. The summed E-state index contributed by atoms with van der Waals surface area (Å²) in [6.07, 6.45) is 0.948. The molecule has 3 aliphatic rings. The smallest absolute Gasteiger partial charge is 0.278 e. The van der Waals surface area contributed by atoms with Crippen LogP contribution in [0.4, 0.5) is 8.78 Å². The number of halogens is 2. The molecule has 0 spiro atoms. The fourth-order valence-electron chi connectivity index (χ4n) is 6.75. The quantitative estimate of drug-likeness (QED) is 0.237. The van der Waals surface area contributed by atoms with Crippen LogP contribution in [0.2, 0.25) is 0 Å². The van der Waals surface area contributed by atoms with E-state index in [9.17, 15) is 9.59 Å². The van der Waals surface area contributed by atoms with E-state index in [0.29, 0.717) is 17.7 Å². The fourth-order valence-corrected chi connectivity index (χ4v) is 7.82. The van der Waals surface area contributed by atoms with Crippen molar-refractivity contribution in [2.45, 2.75) is 25.7 Å². The number of morpholine rings is 1. The van der Waals surface area contributed by atoms with E-state index in [2.05, 4.69) is 0 Å². The minimum atomic E-state index is -0.939. The van der Waals surface area contributed by atoms with Crippen LogP contribution in [0.1, 0.15) is 38.1 Å². The van der Waals surface area contributed by atoms with E-state index in [1.54, 1.807) is 21.8 Å². The van der Waals surface area contributed by atoms with Crippen LogP contribution in [-0.4, -0.2) is 41.4 Å². The molecular weight excluding hydrogens is 596 g/mol. The Balaban J connectivity index is 1.39. The Hall–Kier alpha value is -4.80. The van der Waals surface area contributed by atoms with E-state index in [0.717, 1.165) is 32.5 Å². The van der Waals surface area contributed by atoms with Crippen LogP contribution in [0, 0.1) is 18.6 Å². The summed E-state index contributed by atoms with van der Waals surface area (Å²) >= 11 is 1.53. The van der Waals surface area contributed by atoms with Crippen LogP contribution in [0.15, 0.2) is 89.9 Å². The largest absolute Gasteiger partial charge is 0.482 e. The van der Waals surface area contributed by atoms with Crippen molar-refractivity contribution in [2.75, 3.05) is 24.8 Å². The molecule has 10 heteroatoms. The van der Waals surface area contributed by atoms with E-state index >= 15 is 8.78 Å². The summed E-state index contributed by atoms with van der Waals surface area (Å²) in [6, 6.07) is 22.6. The van der Waals surface area contributed by atoms with Gasteiger partial charge >= 0.3 is 0 Å². The lowest BCUT2D eigenvalue weighted by Gasteiger charge is -2.51. The van der Waals surface area contributed by atoms with Gasteiger partial charge in [-0.15, -0.1) is 11.3 Å². The summed E-state index contributed by atoms with van der Waals surface area (Å²) in [7, 11) is 0. The summed E-state index contributed by atoms with van der Waals surface area (Å²) in [5.74, 6) is -2.29. The molecular formula is C35H27F2N3O4S. The molecule has 2 aromatic heterocycles. The fraction of sp³-hybridized carbons (Fsp3) is 0.200. The number of carbonyl (C=O) groups excluding carboxylic acids is 1. The van der Waals surface area contributed by atoms with Gasteiger partial charge in [0, 0.05) is 39.7 Å². The zero-order valence-corrected chi connectivity index (χ0v) is 25.0. The summed E-state index contributed by atoms with van der Waals surface area (Å²) in [4.78, 5) is 31.0. The van der Waals surface area contributed by atoms with Gasteiger partial charge in [0.05, 0.1) is 19.3 Å². The molecule has 2 aliphatic heterocycles. The molecule has 5 aromatic rings. The molecule has 0 radical (unpaired) electrons. The zero-order chi connectivity index (χ0) is 30.8. The third-order valence-corrected chi connectivity index (χ3v) is 9.78. The highest BCUT2D eigenvalue weighted by atomic mass is 32.1. The van der Waals surface area contributed by atoms with Gasteiger partial charge in [-0.2, -0.15) is 0 Å². The number of benzene rings is 3. The van der Waals surface area contributed by atoms with Crippen molar-refractivity contribution >= 4 is 17.2 Å². The maximum Gasteiger partial charge on any atom is 0.278 e. The highest BCUT2D eigenvalue weighted by Crippen LogP contribution is 2.51. The lowest BCUT2D eigenvalue weighted by molar-refractivity contribution is -0.0197. The molecule has 0 N–H and O–H groups in total. The first-order valence-corrected chi connectivity index (χ1v) is 15.5. The van der Waals surface area contributed by atoms with Gasteiger partial charge in [0.15, 0.2) is 23.1 Å². The third-order valence-electron chi connectivity index (χ3n) is 8.69. The van der Waals surface area contributed by atoms with Gasteiger partial charge in [0.25, 0.3) is 5.91 Å². The first-order valence-electron chi connectivity index (χ1n) is 14.7. The number of amides is 1. The Kier molecular flexibility index (Phi) is 6.58. The zero-order valence-electron chi connectivity index (χ0n) is 24.2. The van der Waals surface area contributed by atoms with E-state index in [1.807, 2.05) is 72.6 Å². The van der Waals surface area contributed by atoms with Crippen molar-refractivity contribution < 1.29 is 23.0 Å². The van der Waals surface area contributed by atoms with Crippen molar-refractivity contribution in [3.8, 4) is 27.3 Å². The molecule has 1 amide bonds. The van der Waals surface area contributed by atoms with Crippen LogP contribution >= 0.6 is 11.3 Å². The number of rotatable bonds is 4. The second-order valence-electron chi connectivity index (χ2n) is 11.3. The number of thiophene rings is 1. The highest BCUT2D eigenvalue weighted by molar-refractivity contribution is 7.16. The van der Waals surface area contributed by atoms with Gasteiger partial charge in [-0.05, 0) is 41.3 Å². The molecule has 0 saturated carbocycles. The number of aryl methyl sites for hydroxylation is 1. The van der Waals surface area contributed by atoms with Crippen molar-refractivity contribution in [3.63, 3.8) is 0 Å². The number of aromatic nitrogens is 1. The third kappa shape index (κ3) is 4.31. The van der Waals surface area contributed by atoms with E-state index < -0.39 is 29.3 Å². The Bertz CT molecular complexity index is 2040. The number of hydrogen-bond acceptors (Lipinski definition) is 6. The lowest BCUT2D eigenvalue weighted by Crippen LogP contribution is -2.66. The minimum absolute atomic E-state index is 0.0663. The minimum Gasteiger partial charge on any atom is -0.482 e. The molecule has 45 heavy (non-hydrogen) atoms. The maximum absolute atomic E-state index is 16.0. The second kappa shape index (κ2) is 10.7. The van der Waals surface area contributed by atoms with Crippen molar-refractivity contribution in [3.05, 3.63) is 134 Å². The Morgan fingerprint density at radius 2 is 1.76 bits per heavy atom.